The van der Waals surface area contributed by atoms with Gasteiger partial charge in [-0.2, -0.15) is 0 Å². The second kappa shape index (κ2) is 6.18. The molecule has 1 atom stereocenters. The highest BCUT2D eigenvalue weighted by Gasteiger charge is 2.14. The molecule has 0 spiro atoms. The van der Waals surface area contributed by atoms with Gasteiger partial charge in [0.25, 0.3) is 0 Å². The molecule has 4 heteroatoms. The lowest BCUT2D eigenvalue weighted by Crippen LogP contribution is -2.29. The molecule has 3 rings (SSSR count). The third-order valence-electron chi connectivity index (χ3n) is 3.87. The van der Waals surface area contributed by atoms with Gasteiger partial charge in [-0.1, -0.05) is 25.1 Å². The number of fused-ring (bicyclic) bond motifs is 1. The van der Waals surface area contributed by atoms with E-state index in [-0.39, 0.29) is 0 Å². The van der Waals surface area contributed by atoms with Crippen LogP contribution >= 0.6 is 0 Å². The lowest BCUT2D eigenvalue weighted by Gasteiger charge is -2.20. The molecule has 0 saturated carbocycles. The maximum atomic E-state index is 4.54. The molecule has 0 amide bonds. The van der Waals surface area contributed by atoms with Crippen LogP contribution in [0, 0.1) is 5.92 Å². The summed E-state index contributed by atoms with van der Waals surface area (Å²) in [7, 11) is 0. The SMILES string of the molecule is CC(CNc1ncc2ccccc2n1)CN1CCCC1. The van der Waals surface area contributed by atoms with E-state index < -0.39 is 0 Å². The van der Waals surface area contributed by atoms with E-state index in [1.165, 1.54) is 32.5 Å². The van der Waals surface area contributed by atoms with Crippen molar-refractivity contribution >= 4 is 16.9 Å². The Morgan fingerprint density at radius 1 is 1.25 bits per heavy atom. The van der Waals surface area contributed by atoms with Crippen LogP contribution < -0.4 is 5.32 Å². The Hall–Kier alpha value is -1.68. The zero-order valence-electron chi connectivity index (χ0n) is 12.0. The van der Waals surface area contributed by atoms with E-state index >= 15 is 0 Å². The van der Waals surface area contributed by atoms with Crippen LogP contribution in [0.1, 0.15) is 19.8 Å². The molecule has 1 aliphatic heterocycles. The quantitative estimate of drug-likeness (QED) is 0.907. The largest absolute Gasteiger partial charge is 0.354 e. The molecular formula is C16H22N4. The van der Waals surface area contributed by atoms with Crippen molar-refractivity contribution in [1.82, 2.24) is 14.9 Å². The molecule has 106 valence electrons. The minimum atomic E-state index is 0.614. The molecule has 2 heterocycles. The second-order valence-corrected chi connectivity index (χ2v) is 5.75. The fourth-order valence-corrected chi connectivity index (χ4v) is 2.79. The third-order valence-corrected chi connectivity index (χ3v) is 3.87. The predicted octanol–water partition coefficient (Wildman–Crippen LogP) is 2.77. The smallest absolute Gasteiger partial charge is 0.223 e. The number of benzene rings is 1. The monoisotopic (exact) mass is 270 g/mol. The molecule has 1 fully saturated rings. The van der Waals surface area contributed by atoms with E-state index in [9.17, 15) is 0 Å². The summed E-state index contributed by atoms with van der Waals surface area (Å²) in [6.45, 7) is 6.90. The normalized spacial score (nSPS) is 17.4. The summed E-state index contributed by atoms with van der Waals surface area (Å²) in [6, 6.07) is 8.08. The Labute approximate surface area is 120 Å². The third kappa shape index (κ3) is 3.25. The molecular weight excluding hydrogens is 248 g/mol. The van der Waals surface area contributed by atoms with E-state index in [1.807, 2.05) is 30.5 Å². The number of likely N-dealkylation sites (tertiary alicyclic amines) is 1. The molecule has 1 saturated heterocycles. The zero-order valence-corrected chi connectivity index (χ0v) is 12.0. The van der Waals surface area contributed by atoms with Crippen LogP contribution in [0.15, 0.2) is 30.5 Å². The number of anilines is 1. The van der Waals surface area contributed by atoms with Crippen molar-refractivity contribution in [3.63, 3.8) is 0 Å². The Balaban J connectivity index is 1.56. The molecule has 20 heavy (non-hydrogen) atoms. The first kappa shape index (κ1) is 13.3. The van der Waals surface area contributed by atoms with Gasteiger partial charge >= 0.3 is 0 Å². The molecule has 0 radical (unpaired) electrons. The van der Waals surface area contributed by atoms with E-state index in [0.717, 1.165) is 23.4 Å². The van der Waals surface area contributed by atoms with Crippen LogP contribution in [0.25, 0.3) is 10.9 Å². The van der Waals surface area contributed by atoms with Gasteiger partial charge in [0.05, 0.1) is 5.52 Å². The van der Waals surface area contributed by atoms with Crippen LogP contribution in [0.3, 0.4) is 0 Å². The molecule has 1 unspecified atom stereocenters. The average Bonchev–Trinajstić information content (AvgIpc) is 2.98. The van der Waals surface area contributed by atoms with Gasteiger partial charge in [0, 0.05) is 24.7 Å². The van der Waals surface area contributed by atoms with Gasteiger partial charge in [-0.3, -0.25) is 0 Å². The zero-order chi connectivity index (χ0) is 13.8. The van der Waals surface area contributed by atoms with Gasteiger partial charge in [0.15, 0.2) is 0 Å². The highest BCUT2D eigenvalue weighted by atomic mass is 15.1. The van der Waals surface area contributed by atoms with Crippen molar-refractivity contribution in [2.45, 2.75) is 19.8 Å². The Morgan fingerprint density at radius 2 is 2.05 bits per heavy atom. The van der Waals surface area contributed by atoms with Crippen LogP contribution in [-0.2, 0) is 0 Å². The fourth-order valence-electron chi connectivity index (χ4n) is 2.79. The van der Waals surface area contributed by atoms with Crippen molar-refractivity contribution in [1.29, 1.82) is 0 Å². The van der Waals surface area contributed by atoms with Gasteiger partial charge in [-0.25, -0.2) is 9.97 Å². The van der Waals surface area contributed by atoms with Crippen LogP contribution in [0.2, 0.25) is 0 Å². The van der Waals surface area contributed by atoms with Crippen molar-refractivity contribution in [2.24, 2.45) is 5.92 Å². The lowest BCUT2D eigenvalue weighted by molar-refractivity contribution is 0.294. The van der Waals surface area contributed by atoms with Gasteiger partial charge in [0.2, 0.25) is 5.95 Å². The molecule has 1 aliphatic rings. The first-order chi connectivity index (χ1) is 9.81. The lowest BCUT2D eigenvalue weighted by atomic mass is 10.1. The van der Waals surface area contributed by atoms with Crippen molar-refractivity contribution in [3.8, 4) is 0 Å². The topological polar surface area (TPSA) is 41.1 Å². The van der Waals surface area contributed by atoms with Crippen molar-refractivity contribution in [3.05, 3.63) is 30.5 Å². The van der Waals surface area contributed by atoms with E-state index in [4.69, 9.17) is 0 Å². The maximum Gasteiger partial charge on any atom is 0.223 e. The fraction of sp³-hybridized carbons (Fsp3) is 0.500. The van der Waals surface area contributed by atoms with Crippen molar-refractivity contribution in [2.75, 3.05) is 31.5 Å². The summed E-state index contributed by atoms with van der Waals surface area (Å²) in [5, 5.41) is 4.45. The van der Waals surface area contributed by atoms with Crippen LogP contribution in [0.4, 0.5) is 5.95 Å². The minimum absolute atomic E-state index is 0.614. The Kier molecular flexibility index (Phi) is 4.11. The first-order valence-electron chi connectivity index (χ1n) is 7.49. The Bertz CT molecular complexity index is 563. The molecule has 1 N–H and O–H groups in total. The number of para-hydroxylation sites is 1. The average molecular weight is 270 g/mol. The first-order valence-corrected chi connectivity index (χ1v) is 7.49. The summed E-state index contributed by atoms with van der Waals surface area (Å²) in [6.07, 6.45) is 4.59. The molecule has 0 bridgehead atoms. The summed E-state index contributed by atoms with van der Waals surface area (Å²) >= 11 is 0. The molecule has 4 nitrogen and oxygen atoms in total. The van der Waals surface area contributed by atoms with Gasteiger partial charge < -0.3 is 10.2 Å². The standard InChI is InChI=1S/C16H22N4/c1-13(12-20-8-4-5-9-20)10-17-16-18-11-14-6-2-3-7-15(14)19-16/h2-3,6-7,11,13H,4-5,8-10,12H2,1H3,(H,17,18,19). The molecule has 1 aromatic heterocycles. The number of nitrogens with one attached hydrogen (secondary N) is 1. The highest BCUT2D eigenvalue weighted by Crippen LogP contribution is 2.13. The van der Waals surface area contributed by atoms with Crippen LogP contribution in [0.5, 0.6) is 0 Å². The Morgan fingerprint density at radius 3 is 2.90 bits per heavy atom. The molecule has 1 aromatic carbocycles. The summed E-state index contributed by atoms with van der Waals surface area (Å²) in [5.74, 6) is 1.35. The van der Waals surface area contributed by atoms with E-state index in [0.29, 0.717) is 5.92 Å². The maximum absolute atomic E-state index is 4.54. The van der Waals surface area contributed by atoms with Gasteiger partial charge in [0.1, 0.15) is 0 Å². The van der Waals surface area contributed by atoms with Crippen LogP contribution in [-0.4, -0.2) is 41.0 Å². The number of aromatic nitrogens is 2. The summed E-state index contributed by atoms with van der Waals surface area (Å²) in [4.78, 5) is 11.5. The highest BCUT2D eigenvalue weighted by molar-refractivity contribution is 5.78. The van der Waals surface area contributed by atoms with E-state index in [2.05, 4.69) is 27.1 Å². The predicted molar refractivity (Wildman–Crippen MR) is 82.9 cm³/mol. The van der Waals surface area contributed by atoms with Crippen molar-refractivity contribution < 1.29 is 0 Å². The summed E-state index contributed by atoms with van der Waals surface area (Å²) in [5.41, 5.74) is 0.997. The van der Waals surface area contributed by atoms with Gasteiger partial charge in [-0.05, 0) is 37.9 Å². The molecule has 0 aliphatic carbocycles. The second-order valence-electron chi connectivity index (χ2n) is 5.75. The number of hydrogen-bond donors (Lipinski definition) is 1. The number of rotatable bonds is 5. The van der Waals surface area contributed by atoms with E-state index in [1.54, 1.807) is 0 Å². The number of nitrogens with zero attached hydrogens (tertiary/aromatic N) is 3. The molecule has 2 aromatic rings. The summed E-state index contributed by atoms with van der Waals surface area (Å²) < 4.78 is 0. The minimum Gasteiger partial charge on any atom is -0.354 e. The number of hydrogen-bond acceptors (Lipinski definition) is 4. The van der Waals surface area contributed by atoms with Gasteiger partial charge in [-0.15, -0.1) is 0 Å².